The minimum absolute atomic E-state index is 0.0615. The summed E-state index contributed by atoms with van der Waals surface area (Å²) in [6, 6.07) is 16.5. The van der Waals surface area contributed by atoms with Gasteiger partial charge >= 0.3 is 0 Å². The van der Waals surface area contributed by atoms with E-state index in [1.165, 1.54) is 24.3 Å². The summed E-state index contributed by atoms with van der Waals surface area (Å²) >= 11 is 0. The lowest BCUT2D eigenvalue weighted by Gasteiger charge is -2.25. The first-order valence-corrected chi connectivity index (χ1v) is 12.1. The number of sulfone groups is 1. The normalized spacial score (nSPS) is 14.2. The molecule has 0 bridgehead atoms. The minimum atomic E-state index is -3.57. The van der Waals surface area contributed by atoms with Crippen LogP contribution in [0.25, 0.3) is 0 Å². The molecule has 2 aromatic carbocycles. The highest BCUT2D eigenvalue weighted by Crippen LogP contribution is 2.34. The monoisotopic (exact) mass is 455 g/mol. The maximum absolute atomic E-state index is 12.9. The first kappa shape index (κ1) is 22.0. The predicted molar refractivity (Wildman–Crippen MR) is 119 cm³/mol. The van der Waals surface area contributed by atoms with Crippen LogP contribution in [-0.2, 0) is 15.6 Å². The molecule has 0 aliphatic carbocycles. The second kappa shape index (κ2) is 9.08. The molecule has 32 heavy (non-hydrogen) atoms. The molecule has 4 rings (SSSR count). The van der Waals surface area contributed by atoms with Crippen molar-refractivity contribution in [3.8, 4) is 11.5 Å². The summed E-state index contributed by atoms with van der Waals surface area (Å²) < 4.78 is 41.9. The van der Waals surface area contributed by atoms with Crippen LogP contribution >= 0.6 is 0 Å². The van der Waals surface area contributed by atoms with E-state index in [1.807, 2.05) is 32.0 Å². The van der Waals surface area contributed by atoms with E-state index in [9.17, 15) is 13.2 Å². The molecule has 1 amide bonds. The van der Waals surface area contributed by atoms with Crippen LogP contribution in [-0.4, -0.2) is 27.5 Å². The van der Waals surface area contributed by atoms with E-state index >= 15 is 0 Å². The van der Waals surface area contributed by atoms with Crippen LogP contribution in [0.3, 0.4) is 0 Å². The highest BCUT2D eigenvalue weighted by Gasteiger charge is 2.24. The van der Waals surface area contributed by atoms with Gasteiger partial charge < -0.3 is 19.2 Å². The Morgan fingerprint density at radius 2 is 1.69 bits per heavy atom. The maximum Gasteiger partial charge on any atom is 0.287 e. The number of hydrogen-bond donors (Lipinski definition) is 1. The third kappa shape index (κ3) is 4.80. The summed E-state index contributed by atoms with van der Waals surface area (Å²) in [5.74, 6) is 0.964. The Morgan fingerprint density at radius 3 is 2.41 bits per heavy atom. The van der Waals surface area contributed by atoms with Gasteiger partial charge in [-0.1, -0.05) is 38.1 Å². The second-order valence-corrected chi connectivity index (χ2v) is 9.93. The Labute approximate surface area is 187 Å². The molecule has 7 nitrogen and oxygen atoms in total. The van der Waals surface area contributed by atoms with Gasteiger partial charge in [0.15, 0.2) is 27.1 Å². The van der Waals surface area contributed by atoms with E-state index in [4.69, 9.17) is 13.9 Å². The molecule has 2 heterocycles. The van der Waals surface area contributed by atoms with E-state index < -0.39 is 15.7 Å². The molecule has 8 heteroatoms. The van der Waals surface area contributed by atoms with Crippen molar-refractivity contribution >= 4 is 15.7 Å². The van der Waals surface area contributed by atoms with Gasteiger partial charge in [-0.25, -0.2) is 8.42 Å². The van der Waals surface area contributed by atoms with Crippen molar-refractivity contribution < 1.29 is 27.1 Å². The van der Waals surface area contributed by atoms with Crippen molar-refractivity contribution in [1.82, 2.24) is 5.32 Å². The fourth-order valence-electron chi connectivity index (χ4n) is 3.58. The maximum atomic E-state index is 12.9. The average molecular weight is 456 g/mol. The van der Waals surface area contributed by atoms with Gasteiger partial charge in [-0.2, -0.15) is 0 Å². The summed E-state index contributed by atoms with van der Waals surface area (Å²) in [4.78, 5) is 13.1. The Kier molecular flexibility index (Phi) is 6.23. The molecule has 0 saturated carbocycles. The van der Waals surface area contributed by atoms with E-state index in [-0.39, 0.29) is 34.1 Å². The predicted octanol–water partition coefficient (Wildman–Crippen LogP) is 4.15. The lowest BCUT2D eigenvalue weighted by atomic mass is 9.95. The van der Waals surface area contributed by atoms with E-state index in [0.29, 0.717) is 24.7 Å². The van der Waals surface area contributed by atoms with Crippen LogP contribution in [0.2, 0.25) is 0 Å². The SMILES string of the molecule is CC(C)C(NC(=O)c1ccc(CS(=O)(=O)c2ccccc2)o1)c1ccc2c(c1)OCCO2. The fourth-order valence-corrected chi connectivity index (χ4v) is 4.84. The number of hydrogen-bond acceptors (Lipinski definition) is 6. The standard InChI is InChI=1S/C24H25NO6S/c1-16(2)23(17-8-10-20-22(14-17)30-13-12-29-20)25-24(26)21-11-9-18(31-21)15-32(27,28)19-6-4-3-5-7-19/h3-11,14,16,23H,12-13,15H2,1-2H3,(H,25,26). The third-order valence-electron chi connectivity index (χ3n) is 5.20. The van der Waals surface area contributed by atoms with E-state index in [1.54, 1.807) is 18.2 Å². The lowest BCUT2D eigenvalue weighted by molar-refractivity contribution is 0.0895. The van der Waals surface area contributed by atoms with Crippen molar-refractivity contribution in [2.45, 2.75) is 30.5 Å². The smallest absolute Gasteiger partial charge is 0.287 e. The number of nitrogens with one attached hydrogen (secondary N) is 1. The number of amides is 1. The van der Waals surface area contributed by atoms with Gasteiger partial charge in [-0.15, -0.1) is 0 Å². The molecule has 1 aliphatic heterocycles. The first-order chi connectivity index (χ1) is 15.3. The van der Waals surface area contributed by atoms with Crippen molar-refractivity contribution in [1.29, 1.82) is 0 Å². The molecule has 0 radical (unpaired) electrons. The van der Waals surface area contributed by atoms with Gasteiger partial charge in [0.05, 0.1) is 10.9 Å². The number of ether oxygens (including phenoxy) is 2. The number of furan rings is 1. The van der Waals surface area contributed by atoms with Gasteiger partial charge in [0, 0.05) is 0 Å². The summed E-state index contributed by atoms with van der Waals surface area (Å²) in [7, 11) is -3.57. The topological polar surface area (TPSA) is 94.8 Å². The Balaban J connectivity index is 1.49. The van der Waals surface area contributed by atoms with Crippen LogP contribution in [0, 0.1) is 5.92 Å². The highest BCUT2D eigenvalue weighted by atomic mass is 32.2. The quantitative estimate of drug-likeness (QED) is 0.575. The van der Waals surface area contributed by atoms with Crippen molar-refractivity contribution in [2.75, 3.05) is 13.2 Å². The largest absolute Gasteiger partial charge is 0.486 e. The zero-order chi connectivity index (χ0) is 22.7. The molecule has 168 valence electrons. The number of fused-ring (bicyclic) bond motifs is 1. The van der Waals surface area contributed by atoms with Crippen LogP contribution in [0.4, 0.5) is 0 Å². The van der Waals surface area contributed by atoms with Crippen LogP contribution in [0.1, 0.15) is 41.8 Å². The molecule has 1 N–H and O–H groups in total. The van der Waals surface area contributed by atoms with Gasteiger partial charge in [0.25, 0.3) is 5.91 Å². The zero-order valence-electron chi connectivity index (χ0n) is 17.9. The average Bonchev–Trinajstić information content (AvgIpc) is 3.25. The summed E-state index contributed by atoms with van der Waals surface area (Å²) in [6.07, 6.45) is 0. The van der Waals surface area contributed by atoms with Crippen LogP contribution < -0.4 is 14.8 Å². The van der Waals surface area contributed by atoms with Gasteiger partial charge in [-0.3, -0.25) is 4.79 Å². The molecular weight excluding hydrogens is 430 g/mol. The van der Waals surface area contributed by atoms with E-state index in [2.05, 4.69) is 5.32 Å². The molecule has 1 atom stereocenters. The van der Waals surface area contributed by atoms with Crippen molar-refractivity contribution in [2.24, 2.45) is 5.92 Å². The molecular formula is C24H25NO6S. The molecule has 0 spiro atoms. The third-order valence-corrected chi connectivity index (χ3v) is 6.85. The second-order valence-electron chi connectivity index (χ2n) is 7.94. The molecule has 1 aromatic heterocycles. The number of carbonyl (C=O) groups is 1. The van der Waals surface area contributed by atoms with Crippen LogP contribution in [0.5, 0.6) is 11.5 Å². The van der Waals surface area contributed by atoms with Crippen molar-refractivity contribution in [3.05, 3.63) is 77.7 Å². The molecule has 1 unspecified atom stereocenters. The Morgan fingerprint density at radius 1 is 0.969 bits per heavy atom. The highest BCUT2D eigenvalue weighted by molar-refractivity contribution is 7.90. The fraction of sp³-hybridized carbons (Fsp3) is 0.292. The van der Waals surface area contributed by atoms with Gasteiger partial charge in [0.1, 0.15) is 24.7 Å². The molecule has 1 aliphatic rings. The van der Waals surface area contributed by atoms with Crippen molar-refractivity contribution in [3.63, 3.8) is 0 Å². The van der Waals surface area contributed by atoms with Gasteiger partial charge in [0.2, 0.25) is 0 Å². The summed E-state index contributed by atoms with van der Waals surface area (Å²) in [6.45, 7) is 5.00. The van der Waals surface area contributed by atoms with Gasteiger partial charge in [-0.05, 0) is 47.9 Å². The molecule has 0 fully saturated rings. The summed E-state index contributed by atoms with van der Waals surface area (Å²) in [5.41, 5.74) is 0.885. The summed E-state index contributed by atoms with van der Waals surface area (Å²) in [5, 5.41) is 2.99. The number of benzene rings is 2. The van der Waals surface area contributed by atoms with E-state index in [0.717, 1.165) is 5.56 Å². The van der Waals surface area contributed by atoms with Crippen LogP contribution in [0.15, 0.2) is 70.0 Å². The zero-order valence-corrected chi connectivity index (χ0v) is 18.7. The number of carbonyl (C=O) groups excluding carboxylic acids is 1. The molecule has 3 aromatic rings. The minimum Gasteiger partial charge on any atom is -0.486 e. The Hall–Kier alpha value is -3.26. The number of rotatable bonds is 7. The molecule has 0 saturated heterocycles. The Bertz CT molecular complexity index is 1200. The first-order valence-electron chi connectivity index (χ1n) is 10.4. The lowest BCUT2D eigenvalue weighted by Crippen LogP contribution is -2.31.